The molecule has 68 heavy (non-hydrogen) atoms. The molecule has 0 aromatic heterocycles. The van der Waals surface area contributed by atoms with Crippen molar-refractivity contribution < 1.29 is 77.4 Å². The average molecular weight is 979 g/mol. The Morgan fingerprint density at radius 1 is 0.765 bits per heavy atom. The third kappa shape index (κ3) is 14.8. The van der Waals surface area contributed by atoms with E-state index < -0.39 is 46.9 Å². The van der Waals surface area contributed by atoms with E-state index in [1.165, 1.54) is 0 Å². The number of aryl methyl sites for hydroxylation is 2. The molecule has 2 saturated heterocycles. The van der Waals surface area contributed by atoms with Gasteiger partial charge in [0.25, 0.3) is 0 Å². The Labute approximate surface area is 398 Å². The van der Waals surface area contributed by atoms with Crippen LogP contribution in [0.3, 0.4) is 0 Å². The van der Waals surface area contributed by atoms with Gasteiger partial charge < -0.3 is 33.5 Å². The Balaban J connectivity index is 1.23. The van der Waals surface area contributed by atoms with Gasteiger partial charge in [-0.25, -0.2) is 18.4 Å². The number of halogens is 3. The van der Waals surface area contributed by atoms with Gasteiger partial charge >= 0.3 is 12.2 Å². The second-order valence-electron chi connectivity index (χ2n) is 17.3. The van der Waals surface area contributed by atoms with Gasteiger partial charge in [0.15, 0.2) is 11.6 Å². The molecule has 5 unspecified atom stereocenters. The number of amides is 2. The monoisotopic (exact) mass is 978 g/mol. The predicted molar refractivity (Wildman–Crippen MR) is 236 cm³/mol. The first-order chi connectivity index (χ1) is 32.7. The number of ether oxygens (including phenoxy) is 5. The molecule has 2 amide bonds. The lowest BCUT2D eigenvalue weighted by Gasteiger charge is -2.54. The molecule has 21 heteroatoms. The summed E-state index contributed by atoms with van der Waals surface area (Å²) in [4.78, 5) is 55.2. The summed E-state index contributed by atoms with van der Waals surface area (Å²) in [6.45, 7) is 2.35. The number of methoxy groups -OCH3 is 1. The Hall–Kier alpha value is -4.90. The highest BCUT2D eigenvalue weighted by atomic mass is 35.5. The topological polar surface area (TPSA) is 210 Å². The molecule has 1 aliphatic carbocycles. The van der Waals surface area contributed by atoms with Gasteiger partial charge in [-0.1, -0.05) is 48.0 Å². The molecule has 0 radical (unpaired) electrons. The third-order valence-electron chi connectivity index (χ3n) is 12.5. The molecule has 2 aliphatic heterocycles. The minimum absolute atomic E-state index is 0.00438. The molecule has 3 fully saturated rings. The van der Waals surface area contributed by atoms with Crippen molar-refractivity contribution in [1.29, 1.82) is 0 Å². The Morgan fingerprint density at radius 2 is 1.41 bits per heavy atom. The quantitative estimate of drug-likeness (QED) is 0.0271. The first kappa shape index (κ1) is 52.5. The standard InChI is InChI=1S/C47H61ClF2N4O14/c1-30-24-32(11-18-41(30)62-2)28-51(35-14-15-35)45(55)42-37(34-12-9-31(10-13-34)8-7-21-63-44-39(50)17-16-38(49)43(44)48)27-36-25-33(29-66-47(57)65-20-4-6-23-68-54(60)61)26-40(42)52(36)46(56)64-19-3-5-22-67-53(58)59/h9-13,16-18,24,33,35-37,40,42,58-61H,3-8,14-15,19-23,25-29H2,1-2H3. The number of nitrogens with zero attached hydrogens (tertiary/aromatic N) is 4. The van der Waals surface area contributed by atoms with Crippen molar-refractivity contribution in [2.45, 2.75) is 108 Å². The van der Waals surface area contributed by atoms with Gasteiger partial charge in [-0.15, -0.1) is 0 Å². The normalized spacial score (nSPS) is 20.0. The summed E-state index contributed by atoms with van der Waals surface area (Å²) in [5.41, 5.74) is 3.72. The number of unbranched alkanes of at least 4 members (excludes halogenated alkanes) is 2. The molecule has 3 aromatic rings. The van der Waals surface area contributed by atoms with Crippen molar-refractivity contribution in [2.24, 2.45) is 11.8 Å². The molecule has 4 N–H and O–H groups in total. The lowest BCUT2D eigenvalue weighted by molar-refractivity contribution is -0.492. The van der Waals surface area contributed by atoms with Crippen LogP contribution in [-0.2, 0) is 41.6 Å². The van der Waals surface area contributed by atoms with Gasteiger partial charge in [-0.3, -0.25) is 35.3 Å². The van der Waals surface area contributed by atoms with E-state index in [1.54, 1.807) is 12.0 Å². The number of fused-ring (bicyclic) bond motifs is 2. The van der Waals surface area contributed by atoms with Crippen molar-refractivity contribution in [3.8, 4) is 11.5 Å². The molecule has 1 saturated carbocycles. The van der Waals surface area contributed by atoms with E-state index in [4.69, 9.17) is 56.1 Å². The number of benzene rings is 3. The first-order valence-electron chi connectivity index (χ1n) is 22.9. The number of carbonyl (C=O) groups is 3. The molecular weight excluding hydrogens is 918 g/mol. The van der Waals surface area contributed by atoms with E-state index in [2.05, 4.69) is 9.68 Å². The van der Waals surface area contributed by atoms with Crippen molar-refractivity contribution in [3.63, 3.8) is 0 Å². The smallest absolute Gasteiger partial charge is 0.496 e. The molecule has 374 valence electrons. The van der Waals surface area contributed by atoms with Crippen molar-refractivity contribution in [3.05, 3.63) is 93.5 Å². The summed E-state index contributed by atoms with van der Waals surface area (Å²) in [6, 6.07) is 14.6. The number of carbonyl (C=O) groups excluding carboxylic acids is 3. The fourth-order valence-corrected chi connectivity index (χ4v) is 9.41. The van der Waals surface area contributed by atoms with E-state index in [9.17, 15) is 18.4 Å². The summed E-state index contributed by atoms with van der Waals surface area (Å²) in [5, 5.41) is 33.9. The second-order valence-corrected chi connectivity index (χ2v) is 17.7. The van der Waals surface area contributed by atoms with Crippen molar-refractivity contribution in [2.75, 3.05) is 46.8 Å². The second kappa shape index (κ2) is 25.6. The number of rotatable bonds is 25. The van der Waals surface area contributed by atoms with Gasteiger partial charge in [0.05, 0.1) is 63.4 Å². The van der Waals surface area contributed by atoms with Crippen LogP contribution < -0.4 is 9.47 Å². The van der Waals surface area contributed by atoms with Crippen LogP contribution in [0, 0.1) is 30.4 Å². The number of hydrogen-bond donors (Lipinski definition) is 4. The minimum atomic E-state index is -0.880. The molecule has 5 atom stereocenters. The van der Waals surface area contributed by atoms with E-state index in [-0.39, 0.29) is 80.0 Å². The van der Waals surface area contributed by atoms with Crippen molar-refractivity contribution >= 4 is 29.8 Å². The van der Waals surface area contributed by atoms with Gasteiger partial charge in [-0.05, 0) is 130 Å². The maximum Gasteiger partial charge on any atom is 0.508 e. The fourth-order valence-electron chi connectivity index (χ4n) is 9.20. The Morgan fingerprint density at radius 3 is 2.06 bits per heavy atom. The van der Waals surface area contributed by atoms with Gasteiger partial charge in [0, 0.05) is 24.7 Å². The summed E-state index contributed by atoms with van der Waals surface area (Å²) < 4.78 is 55.9. The van der Waals surface area contributed by atoms with Crippen LogP contribution in [0.5, 0.6) is 11.5 Å². The Kier molecular flexibility index (Phi) is 19.8. The van der Waals surface area contributed by atoms with E-state index >= 15 is 4.79 Å². The molecule has 6 rings (SSSR count). The van der Waals surface area contributed by atoms with Gasteiger partial charge in [0.1, 0.15) is 16.6 Å². The summed E-state index contributed by atoms with van der Waals surface area (Å²) >= 11 is 5.94. The highest BCUT2D eigenvalue weighted by molar-refractivity contribution is 6.32. The van der Waals surface area contributed by atoms with Crippen LogP contribution in [0.2, 0.25) is 5.02 Å². The van der Waals surface area contributed by atoms with Crippen LogP contribution in [0.25, 0.3) is 0 Å². The molecule has 18 nitrogen and oxygen atoms in total. The van der Waals surface area contributed by atoms with Gasteiger partial charge in [-0.2, -0.15) is 0 Å². The minimum Gasteiger partial charge on any atom is -0.496 e. The first-order valence-corrected chi connectivity index (χ1v) is 23.3. The van der Waals surface area contributed by atoms with Gasteiger partial charge in [0.2, 0.25) is 5.91 Å². The van der Waals surface area contributed by atoms with Crippen LogP contribution in [0.4, 0.5) is 18.4 Å². The van der Waals surface area contributed by atoms with E-state index in [1.807, 2.05) is 54.3 Å². The lowest BCUT2D eigenvalue weighted by atomic mass is 9.65. The Bertz CT molecular complexity index is 2120. The molecule has 0 spiro atoms. The zero-order chi connectivity index (χ0) is 48.7. The molecular formula is C47H61ClF2N4O14. The molecule has 2 bridgehead atoms. The highest BCUT2D eigenvalue weighted by Crippen LogP contribution is 2.49. The number of hydrogen-bond acceptors (Lipinski definition) is 16. The van der Waals surface area contributed by atoms with Crippen LogP contribution in [-0.4, -0.2) is 124 Å². The average Bonchev–Trinajstić information content (AvgIpc) is 4.16. The highest BCUT2D eigenvalue weighted by Gasteiger charge is 2.54. The van der Waals surface area contributed by atoms with E-state index in [0.29, 0.717) is 64.3 Å². The maximum absolute atomic E-state index is 15.5. The fraction of sp³-hybridized carbons (Fsp3) is 0.553. The maximum atomic E-state index is 15.5. The predicted octanol–water partition coefficient (Wildman–Crippen LogP) is 8.56. The van der Waals surface area contributed by atoms with Crippen molar-refractivity contribution in [1.82, 2.24) is 20.6 Å². The van der Waals surface area contributed by atoms with Crippen LogP contribution in [0.1, 0.15) is 92.4 Å². The van der Waals surface area contributed by atoms with Crippen LogP contribution in [0.15, 0.2) is 54.6 Å². The summed E-state index contributed by atoms with van der Waals surface area (Å²) in [5.74, 6) is -2.55. The molecule has 3 aromatic carbocycles. The lowest BCUT2D eigenvalue weighted by Crippen LogP contribution is -2.63. The third-order valence-corrected chi connectivity index (χ3v) is 12.9. The van der Waals surface area contributed by atoms with Crippen LogP contribution >= 0.6 is 11.6 Å². The van der Waals surface area contributed by atoms with E-state index in [0.717, 1.165) is 53.0 Å². The SMILES string of the molecule is COc1ccc(CN(C(=O)C2C(c3ccc(CCCOc4c(F)ccc(F)c4Cl)cc3)CC3CC(COC(=O)OCCCCON(O)O)CC2N3C(=O)OCCCCON(O)O)C2CC2)cc1C. The summed E-state index contributed by atoms with van der Waals surface area (Å²) in [7, 11) is 1.61. The zero-order valence-electron chi connectivity index (χ0n) is 38.2. The summed E-state index contributed by atoms with van der Waals surface area (Å²) in [6.07, 6.45) is 3.85. The zero-order valence-corrected chi connectivity index (χ0v) is 38.9. The largest absolute Gasteiger partial charge is 0.508 e. The number of piperidine rings is 2. The molecule has 2 heterocycles. The molecule has 3 aliphatic rings.